The van der Waals surface area contributed by atoms with Gasteiger partial charge in [0.05, 0.1) is 12.3 Å². The molecule has 0 aliphatic carbocycles. The van der Waals surface area contributed by atoms with Gasteiger partial charge in [-0.15, -0.1) is 0 Å². The lowest BCUT2D eigenvalue weighted by molar-refractivity contribution is -0.149. The van der Waals surface area contributed by atoms with E-state index in [1.165, 1.54) is 48.5 Å². The summed E-state index contributed by atoms with van der Waals surface area (Å²) in [5.41, 5.74) is 10.7. The Morgan fingerprint density at radius 1 is 1.27 bits per heavy atom. The summed E-state index contributed by atoms with van der Waals surface area (Å²) in [6, 6.07) is 10.8. The number of aromatic nitrogens is 1. The van der Waals surface area contributed by atoms with Crippen LogP contribution in [0.1, 0.15) is 40.4 Å². The summed E-state index contributed by atoms with van der Waals surface area (Å²) in [7, 11) is 0. The van der Waals surface area contributed by atoms with E-state index >= 15 is 0 Å². The number of rotatable bonds is 8. The number of ether oxygens (including phenoxy) is 2. The van der Waals surface area contributed by atoms with Crippen LogP contribution in [0.15, 0.2) is 53.5 Å². The van der Waals surface area contributed by atoms with Crippen LogP contribution < -0.4 is 26.3 Å². The summed E-state index contributed by atoms with van der Waals surface area (Å²) in [6.45, 7) is 4.63. The molecule has 0 fully saturated rings. The number of nitrogens with two attached hydrogens (primary N) is 2. The number of halogens is 4. The average Bonchev–Trinajstić information content (AvgIpc) is 3.29. The number of hydrogen-bond donors (Lipinski definition) is 3. The topological polar surface area (TPSA) is 142 Å². The molecule has 1 aliphatic rings. The standard InChI is InChI=1S/C26H24F4N4O3.CH3NO/c1-14-12-36-24-18(14)10-20(34-23(24)15-3-6-17(27)7-4-15)19(26(28,29)30)11-33-25(35)16-5-8-22(37-13-31)21(9-16)32-2;2-1-3/h3-10,14,19H,2,11-13,31H2,1H3,(H,33,35);1H,(H2,2,3). The van der Waals surface area contributed by atoms with Crippen LogP contribution in [0.4, 0.5) is 23.2 Å². The number of pyridine rings is 1. The van der Waals surface area contributed by atoms with Crippen LogP contribution in [-0.2, 0) is 4.79 Å². The monoisotopic (exact) mass is 561 g/mol. The normalized spacial score (nSPS) is 14.6. The zero-order valence-electron chi connectivity index (χ0n) is 21.4. The number of primary amides is 1. The summed E-state index contributed by atoms with van der Waals surface area (Å²) in [4.78, 5) is 29.4. The van der Waals surface area contributed by atoms with E-state index in [0.717, 1.165) is 0 Å². The number of fused-ring (bicyclic) bond motifs is 1. The molecule has 1 aliphatic heterocycles. The van der Waals surface area contributed by atoms with Crippen molar-refractivity contribution in [1.29, 1.82) is 0 Å². The van der Waals surface area contributed by atoms with Gasteiger partial charge in [-0.3, -0.25) is 20.3 Å². The summed E-state index contributed by atoms with van der Waals surface area (Å²) in [6.07, 6.45) is -4.47. The number of carbonyl (C=O) groups excluding carboxylic acids is 2. The first-order valence-corrected chi connectivity index (χ1v) is 11.9. The molecule has 13 heteroatoms. The Labute approximate surface area is 227 Å². The van der Waals surface area contributed by atoms with Crippen LogP contribution in [0.2, 0.25) is 0 Å². The minimum absolute atomic E-state index is 0.0728. The highest BCUT2D eigenvalue weighted by Gasteiger charge is 2.43. The van der Waals surface area contributed by atoms with Crippen LogP contribution in [0.5, 0.6) is 11.5 Å². The molecule has 1 aromatic heterocycles. The number of nitrogens with zero attached hydrogens (tertiary/aromatic N) is 2. The molecule has 0 saturated heterocycles. The number of carbonyl (C=O) groups is 2. The van der Waals surface area contributed by atoms with Crippen LogP contribution in [0.3, 0.4) is 0 Å². The zero-order valence-corrected chi connectivity index (χ0v) is 21.4. The molecule has 212 valence electrons. The SMILES string of the molecule is C=Nc1cc(C(=O)NCC(c2cc3c(c(-c4ccc(F)cc4)n2)OCC3C)C(F)(F)F)ccc1OCN.NC=O. The molecule has 2 aromatic carbocycles. The van der Waals surface area contributed by atoms with E-state index in [2.05, 4.69) is 27.7 Å². The van der Waals surface area contributed by atoms with E-state index < -0.39 is 30.4 Å². The molecule has 0 bridgehead atoms. The third-order valence-electron chi connectivity index (χ3n) is 6.00. The van der Waals surface area contributed by atoms with Crippen molar-refractivity contribution >= 4 is 24.7 Å². The molecule has 2 heterocycles. The quantitative estimate of drug-likeness (QED) is 0.163. The first-order chi connectivity index (χ1) is 19.0. The minimum Gasteiger partial charge on any atom is -0.490 e. The highest BCUT2D eigenvalue weighted by Crippen LogP contribution is 2.44. The van der Waals surface area contributed by atoms with Gasteiger partial charge in [0, 0.05) is 29.2 Å². The van der Waals surface area contributed by atoms with Crippen LogP contribution in [0.25, 0.3) is 11.3 Å². The molecule has 0 saturated carbocycles. The largest absolute Gasteiger partial charge is 0.490 e. The zero-order chi connectivity index (χ0) is 29.4. The third-order valence-corrected chi connectivity index (χ3v) is 6.00. The maximum Gasteiger partial charge on any atom is 0.398 e. The Bertz CT molecular complexity index is 1370. The Morgan fingerprint density at radius 2 is 1.95 bits per heavy atom. The van der Waals surface area contributed by atoms with E-state index in [9.17, 15) is 22.4 Å². The van der Waals surface area contributed by atoms with Crippen molar-refractivity contribution in [3.8, 4) is 22.8 Å². The maximum absolute atomic E-state index is 14.2. The number of amides is 2. The average molecular weight is 562 g/mol. The van der Waals surface area contributed by atoms with Gasteiger partial charge < -0.3 is 20.5 Å². The van der Waals surface area contributed by atoms with Gasteiger partial charge in [0.25, 0.3) is 5.91 Å². The van der Waals surface area contributed by atoms with Crippen LogP contribution in [-0.4, -0.2) is 50.1 Å². The lowest BCUT2D eigenvalue weighted by Gasteiger charge is -2.22. The van der Waals surface area contributed by atoms with E-state index in [0.29, 0.717) is 16.9 Å². The molecule has 2 amide bonds. The van der Waals surface area contributed by atoms with Gasteiger partial charge in [-0.05, 0) is 55.2 Å². The van der Waals surface area contributed by atoms with Gasteiger partial charge in [-0.25, -0.2) is 9.37 Å². The fraction of sp³-hybridized carbons (Fsp3) is 0.259. The summed E-state index contributed by atoms with van der Waals surface area (Å²) in [5, 5.41) is 2.35. The summed E-state index contributed by atoms with van der Waals surface area (Å²) in [5.74, 6) is -2.84. The van der Waals surface area contributed by atoms with E-state index in [1.54, 1.807) is 0 Å². The highest BCUT2D eigenvalue weighted by atomic mass is 19.4. The Morgan fingerprint density at radius 3 is 2.55 bits per heavy atom. The smallest absolute Gasteiger partial charge is 0.398 e. The minimum atomic E-state index is -4.72. The third kappa shape index (κ3) is 6.91. The highest BCUT2D eigenvalue weighted by molar-refractivity contribution is 5.95. The fourth-order valence-electron chi connectivity index (χ4n) is 4.05. The van der Waals surface area contributed by atoms with E-state index in [-0.39, 0.29) is 54.1 Å². The van der Waals surface area contributed by atoms with Gasteiger partial charge in [0.2, 0.25) is 6.41 Å². The Balaban J connectivity index is 0.00000141. The van der Waals surface area contributed by atoms with Crippen molar-refractivity contribution in [3.63, 3.8) is 0 Å². The molecule has 3 aromatic rings. The van der Waals surface area contributed by atoms with Crippen molar-refractivity contribution in [2.45, 2.75) is 24.9 Å². The molecule has 2 atom stereocenters. The van der Waals surface area contributed by atoms with Gasteiger partial charge >= 0.3 is 6.18 Å². The van der Waals surface area contributed by atoms with Gasteiger partial charge in [-0.1, -0.05) is 6.92 Å². The summed E-state index contributed by atoms with van der Waals surface area (Å²) >= 11 is 0. The molecule has 9 nitrogen and oxygen atoms in total. The molecule has 0 spiro atoms. The molecular formula is C27H27F4N5O4. The lowest BCUT2D eigenvalue weighted by Crippen LogP contribution is -2.35. The Hall–Kier alpha value is -4.52. The molecule has 2 unspecified atom stereocenters. The predicted molar refractivity (Wildman–Crippen MR) is 140 cm³/mol. The number of benzene rings is 2. The molecule has 40 heavy (non-hydrogen) atoms. The van der Waals surface area contributed by atoms with Gasteiger partial charge in [0.15, 0.2) is 0 Å². The Kier molecular flexibility index (Phi) is 9.78. The van der Waals surface area contributed by atoms with Crippen LogP contribution >= 0.6 is 0 Å². The van der Waals surface area contributed by atoms with E-state index in [1.807, 2.05) is 6.92 Å². The first-order valence-electron chi connectivity index (χ1n) is 11.9. The second kappa shape index (κ2) is 13.0. The molecule has 5 N–H and O–H groups in total. The summed E-state index contributed by atoms with van der Waals surface area (Å²) < 4.78 is 67.0. The van der Waals surface area contributed by atoms with Crippen molar-refractivity contribution in [1.82, 2.24) is 10.3 Å². The number of hydrogen-bond acceptors (Lipinski definition) is 7. The number of nitrogens with one attached hydrogen (secondary N) is 1. The van der Waals surface area contributed by atoms with Gasteiger partial charge in [0.1, 0.15) is 41.3 Å². The van der Waals surface area contributed by atoms with Crippen molar-refractivity contribution in [3.05, 3.63) is 71.2 Å². The maximum atomic E-state index is 14.2. The molecular weight excluding hydrogens is 534 g/mol. The molecule has 4 rings (SSSR count). The predicted octanol–water partition coefficient (Wildman–Crippen LogP) is 4.19. The number of aliphatic imine (C=N–C) groups is 1. The van der Waals surface area contributed by atoms with Crippen molar-refractivity contribution in [2.24, 2.45) is 16.5 Å². The number of alkyl halides is 3. The van der Waals surface area contributed by atoms with E-state index in [4.69, 9.17) is 20.0 Å². The van der Waals surface area contributed by atoms with Crippen molar-refractivity contribution in [2.75, 3.05) is 19.9 Å². The lowest BCUT2D eigenvalue weighted by atomic mass is 9.95. The fourth-order valence-corrected chi connectivity index (χ4v) is 4.05. The van der Waals surface area contributed by atoms with Gasteiger partial charge in [-0.2, -0.15) is 13.2 Å². The second-order valence-electron chi connectivity index (χ2n) is 8.62. The van der Waals surface area contributed by atoms with Crippen molar-refractivity contribution < 1.29 is 36.6 Å². The second-order valence-corrected chi connectivity index (χ2v) is 8.62. The molecule has 0 radical (unpaired) electrons. The first kappa shape index (κ1) is 30.0. The van der Waals surface area contributed by atoms with Crippen LogP contribution in [0, 0.1) is 5.82 Å².